The first kappa shape index (κ1) is 24.9. The van der Waals surface area contributed by atoms with Gasteiger partial charge >= 0.3 is 0 Å². The number of Topliss-reactive ketones (excluding diaryl/α,β-unsaturated/α-hetero) is 1. The number of nitrogens with two attached hydrogens (primary N) is 1. The molecule has 0 fully saturated rings. The van der Waals surface area contributed by atoms with Crippen LogP contribution in [0.4, 0.5) is 0 Å². The molecule has 0 saturated heterocycles. The number of benzene rings is 3. The average Bonchev–Trinajstić information content (AvgIpc) is 2.81. The van der Waals surface area contributed by atoms with Gasteiger partial charge in [-0.3, -0.25) is 9.59 Å². The smallest absolute Gasteiger partial charge is 0.220 e. The highest BCUT2D eigenvalue weighted by Gasteiger charge is 2.14. The van der Waals surface area contributed by atoms with Crippen molar-refractivity contribution in [1.82, 2.24) is 0 Å². The first-order chi connectivity index (χ1) is 15.3. The third-order valence-electron chi connectivity index (χ3n) is 5.55. The fraction of sp³-hybridized carbons (Fsp3) is 0.333. The molecule has 2 N–H and O–H groups in total. The molecule has 0 spiro atoms. The highest BCUT2D eigenvalue weighted by Crippen LogP contribution is 2.30. The van der Waals surface area contributed by atoms with Gasteiger partial charge in [0.05, 0.1) is 5.56 Å². The average molecular weight is 436 g/mol. The summed E-state index contributed by atoms with van der Waals surface area (Å²) in [4.78, 5) is 22.4. The van der Waals surface area contributed by atoms with E-state index in [0.29, 0.717) is 30.4 Å². The SMILES string of the molecule is CC(=O)c1ccc2ccccc2c1OCCOc1ccccc1.CC[C@H](C)C(C)C(N)=O. The molecule has 0 aliphatic heterocycles. The van der Waals surface area contributed by atoms with Crippen molar-refractivity contribution in [3.05, 3.63) is 72.3 Å². The lowest BCUT2D eigenvalue weighted by Gasteiger charge is -2.13. The van der Waals surface area contributed by atoms with Gasteiger partial charge in [-0.05, 0) is 36.4 Å². The summed E-state index contributed by atoms with van der Waals surface area (Å²) >= 11 is 0. The zero-order valence-electron chi connectivity index (χ0n) is 19.3. The van der Waals surface area contributed by atoms with Crippen LogP contribution in [0.5, 0.6) is 11.5 Å². The van der Waals surface area contributed by atoms with Crippen LogP contribution in [-0.2, 0) is 4.79 Å². The number of rotatable bonds is 9. The number of para-hydroxylation sites is 1. The molecule has 3 aromatic rings. The van der Waals surface area contributed by atoms with E-state index in [9.17, 15) is 9.59 Å². The number of hydrogen-bond donors (Lipinski definition) is 1. The second-order valence-electron chi connectivity index (χ2n) is 7.81. The fourth-order valence-corrected chi connectivity index (χ4v) is 3.13. The Balaban J connectivity index is 0.000000344. The molecule has 0 radical (unpaired) electrons. The summed E-state index contributed by atoms with van der Waals surface area (Å²) in [5.41, 5.74) is 5.67. The molecule has 32 heavy (non-hydrogen) atoms. The number of fused-ring (bicyclic) bond motifs is 1. The van der Waals surface area contributed by atoms with E-state index in [1.807, 2.05) is 80.6 Å². The maximum absolute atomic E-state index is 11.9. The Morgan fingerprint density at radius 1 is 0.875 bits per heavy atom. The van der Waals surface area contributed by atoms with Gasteiger partial charge in [0, 0.05) is 11.3 Å². The van der Waals surface area contributed by atoms with Crippen molar-refractivity contribution in [2.75, 3.05) is 13.2 Å². The number of ether oxygens (including phenoxy) is 2. The highest BCUT2D eigenvalue weighted by molar-refractivity contribution is 6.03. The lowest BCUT2D eigenvalue weighted by molar-refractivity contribution is -0.122. The van der Waals surface area contributed by atoms with Crippen molar-refractivity contribution in [2.45, 2.75) is 34.1 Å². The maximum atomic E-state index is 11.9. The second kappa shape index (κ2) is 12.5. The third-order valence-corrected chi connectivity index (χ3v) is 5.55. The maximum Gasteiger partial charge on any atom is 0.220 e. The van der Waals surface area contributed by atoms with Crippen molar-refractivity contribution < 1.29 is 19.1 Å². The molecule has 1 amide bonds. The van der Waals surface area contributed by atoms with E-state index in [2.05, 4.69) is 6.92 Å². The molecule has 3 aromatic carbocycles. The number of carbonyl (C=O) groups excluding carboxylic acids is 2. The van der Waals surface area contributed by atoms with Gasteiger partial charge in [-0.2, -0.15) is 0 Å². The first-order valence-corrected chi connectivity index (χ1v) is 11.0. The Labute approximate surface area is 190 Å². The van der Waals surface area contributed by atoms with Crippen LogP contribution in [-0.4, -0.2) is 24.9 Å². The van der Waals surface area contributed by atoms with Gasteiger partial charge in [0.1, 0.15) is 24.7 Å². The molecule has 170 valence electrons. The van der Waals surface area contributed by atoms with Crippen LogP contribution < -0.4 is 15.2 Å². The van der Waals surface area contributed by atoms with Crippen molar-refractivity contribution in [2.24, 2.45) is 17.6 Å². The van der Waals surface area contributed by atoms with Gasteiger partial charge in [0.25, 0.3) is 0 Å². The van der Waals surface area contributed by atoms with E-state index in [1.54, 1.807) is 6.92 Å². The third kappa shape index (κ3) is 7.12. The molecular weight excluding hydrogens is 402 g/mol. The molecule has 0 aliphatic rings. The predicted molar refractivity (Wildman–Crippen MR) is 129 cm³/mol. The van der Waals surface area contributed by atoms with E-state index >= 15 is 0 Å². The van der Waals surface area contributed by atoms with Gasteiger partial charge in [-0.25, -0.2) is 0 Å². The summed E-state index contributed by atoms with van der Waals surface area (Å²) < 4.78 is 11.5. The Hall–Kier alpha value is -3.34. The summed E-state index contributed by atoms with van der Waals surface area (Å²) in [5, 5.41) is 2.00. The number of carbonyl (C=O) groups is 2. The first-order valence-electron chi connectivity index (χ1n) is 11.0. The van der Waals surface area contributed by atoms with E-state index in [1.165, 1.54) is 0 Å². The summed E-state index contributed by atoms with van der Waals surface area (Å²) in [6.45, 7) is 8.32. The van der Waals surface area contributed by atoms with E-state index < -0.39 is 0 Å². The van der Waals surface area contributed by atoms with Gasteiger partial charge in [0.15, 0.2) is 5.78 Å². The summed E-state index contributed by atoms with van der Waals surface area (Å²) in [6, 6.07) is 21.2. The Morgan fingerprint density at radius 3 is 2.09 bits per heavy atom. The van der Waals surface area contributed by atoms with Crippen LogP contribution in [0, 0.1) is 11.8 Å². The number of ketones is 1. The standard InChI is InChI=1S/C20H18O3.C7H15NO/c1-15(21)18-12-11-16-7-5-6-10-19(16)20(18)23-14-13-22-17-8-3-2-4-9-17;1-4-5(2)6(3)7(8)9/h2-12H,13-14H2,1H3;5-6H,4H2,1-3H3,(H2,8,9)/t;5-,6?/m.0/s1. The van der Waals surface area contributed by atoms with Crippen LogP contribution in [0.1, 0.15) is 44.5 Å². The molecule has 5 heteroatoms. The zero-order valence-corrected chi connectivity index (χ0v) is 19.3. The van der Waals surface area contributed by atoms with E-state index in [0.717, 1.165) is 22.9 Å². The normalized spacial score (nSPS) is 12.2. The summed E-state index contributed by atoms with van der Waals surface area (Å²) in [5.74, 6) is 1.68. The van der Waals surface area contributed by atoms with Gasteiger partial charge < -0.3 is 15.2 Å². The zero-order chi connectivity index (χ0) is 23.5. The number of amides is 1. The minimum absolute atomic E-state index is 0.00488. The molecule has 0 heterocycles. The topological polar surface area (TPSA) is 78.6 Å². The van der Waals surface area contributed by atoms with Gasteiger partial charge in [-0.1, -0.05) is 75.7 Å². The molecule has 1 unspecified atom stereocenters. The minimum Gasteiger partial charge on any atom is -0.490 e. The molecule has 2 atom stereocenters. The fourth-order valence-electron chi connectivity index (χ4n) is 3.13. The van der Waals surface area contributed by atoms with Crippen LogP contribution in [0.3, 0.4) is 0 Å². The molecular formula is C27H33NO4. The quantitative estimate of drug-likeness (QED) is 0.348. The lowest BCUT2D eigenvalue weighted by Crippen LogP contribution is -2.25. The monoisotopic (exact) mass is 435 g/mol. The second-order valence-corrected chi connectivity index (χ2v) is 7.81. The predicted octanol–water partition coefficient (Wildman–Crippen LogP) is 5.65. The minimum atomic E-state index is -0.190. The van der Waals surface area contributed by atoms with Crippen LogP contribution in [0.25, 0.3) is 10.8 Å². The molecule has 0 bridgehead atoms. The Morgan fingerprint density at radius 2 is 1.50 bits per heavy atom. The van der Waals surface area contributed by atoms with Gasteiger partial charge in [0.2, 0.25) is 5.91 Å². The van der Waals surface area contributed by atoms with Crippen molar-refractivity contribution >= 4 is 22.5 Å². The molecule has 5 nitrogen and oxygen atoms in total. The summed E-state index contributed by atoms with van der Waals surface area (Å²) in [7, 11) is 0. The van der Waals surface area contributed by atoms with Crippen LogP contribution >= 0.6 is 0 Å². The summed E-state index contributed by atoms with van der Waals surface area (Å²) in [6.07, 6.45) is 1.02. The van der Waals surface area contributed by atoms with E-state index in [4.69, 9.17) is 15.2 Å². The van der Waals surface area contributed by atoms with E-state index in [-0.39, 0.29) is 17.6 Å². The molecule has 0 saturated carbocycles. The lowest BCUT2D eigenvalue weighted by atomic mass is 9.93. The van der Waals surface area contributed by atoms with Crippen molar-refractivity contribution in [3.8, 4) is 11.5 Å². The largest absolute Gasteiger partial charge is 0.490 e. The Bertz CT molecular complexity index is 1020. The van der Waals surface area contributed by atoms with Crippen LogP contribution in [0.2, 0.25) is 0 Å². The number of primary amides is 1. The molecule has 3 rings (SSSR count). The van der Waals surface area contributed by atoms with Crippen molar-refractivity contribution in [3.63, 3.8) is 0 Å². The van der Waals surface area contributed by atoms with Crippen LogP contribution in [0.15, 0.2) is 66.7 Å². The number of hydrogen-bond acceptors (Lipinski definition) is 4. The molecule has 0 aliphatic carbocycles. The molecule has 0 aromatic heterocycles. The Kier molecular flexibility index (Phi) is 9.74. The van der Waals surface area contributed by atoms with Gasteiger partial charge in [-0.15, -0.1) is 0 Å². The highest BCUT2D eigenvalue weighted by atomic mass is 16.5. The van der Waals surface area contributed by atoms with Crippen molar-refractivity contribution in [1.29, 1.82) is 0 Å².